The van der Waals surface area contributed by atoms with Crippen molar-refractivity contribution in [2.24, 2.45) is 0 Å². The van der Waals surface area contributed by atoms with Gasteiger partial charge in [0.15, 0.2) is 11.5 Å². The molecule has 5 heteroatoms. The molecular formula is C27H16F3NO. The fourth-order valence-corrected chi connectivity index (χ4v) is 3.37. The zero-order chi connectivity index (χ0) is 22.7. The molecule has 0 spiro atoms. The van der Waals surface area contributed by atoms with Gasteiger partial charge < -0.3 is 0 Å². The van der Waals surface area contributed by atoms with Crippen molar-refractivity contribution in [1.29, 1.82) is 0 Å². The van der Waals surface area contributed by atoms with Crippen LogP contribution >= 0.6 is 0 Å². The van der Waals surface area contributed by atoms with E-state index in [1.807, 2.05) is 48.5 Å². The average Bonchev–Trinajstić information content (AvgIpc) is 2.83. The number of rotatable bonds is 4. The van der Waals surface area contributed by atoms with Crippen molar-refractivity contribution in [2.75, 3.05) is 0 Å². The molecule has 0 bridgehead atoms. The molecule has 4 rings (SSSR count). The fourth-order valence-electron chi connectivity index (χ4n) is 3.37. The quantitative estimate of drug-likeness (QED) is 0.240. The Morgan fingerprint density at radius 2 is 0.938 bits per heavy atom. The molecule has 0 unspecified atom stereocenters. The third-order valence-electron chi connectivity index (χ3n) is 5.17. The van der Waals surface area contributed by atoms with Gasteiger partial charge in [-0.15, -0.1) is 0 Å². The summed E-state index contributed by atoms with van der Waals surface area (Å²) in [6.45, 7) is 7.03. The molecule has 0 heterocycles. The van der Waals surface area contributed by atoms with Gasteiger partial charge in [0.1, 0.15) is 0 Å². The molecule has 0 saturated heterocycles. The average molecular weight is 427 g/mol. The number of ketones is 1. The third-order valence-corrected chi connectivity index (χ3v) is 5.17. The van der Waals surface area contributed by atoms with Crippen molar-refractivity contribution < 1.29 is 18.0 Å². The zero-order valence-electron chi connectivity index (χ0n) is 16.7. The van der Waals surface area contributed by atoms with Crippen LogP contribution < -0.4 is 0 Å². The first kappa shape index (κ1) is 21.1. The minimum absolute atomic E-state index is 0.208. The van der Waals surface area contributed by atoms with E-state index in [-0.39, 0.29) is 11.3 Å². The van der Waals surface area contributed by atoms with Crippen LogP contribution in [-0.2, 0) is 6.18 Å². The summed E-state index contributed by atoms with van der Waals surface area (Å²) in [6.07, 6.45) is -4.43. The Labute approximate surface area is 183 Å². The van der Waals surface area contributed by atoms with E-state index in [1.54, 1.807) is 24.3 Å². The second kappa shape index (κ2) is 8.52. The normalized spacial score (nSPS) is 11.1. The number of benzene rings is 4. The van der Waals surface area contributed by atoms with Gasteiger partial charge in [-0.2, -0.15) is 13.2 Å². The summed E-state index contributed by atoms with van der Waals surface area (Å²) < 4.78 is 38.1. The smallest absolute Gasteiger partial charge is 0.289 e. The van der Waals surface area contributed by atoms with Crippen LogP contribution in [0.5, 0.6) is 0 Å². The van der Waals surface area contributed by atoms with Crippen LogP contribution in [0.15, 0.2) is 97.1 Å². The van der Waals surface area contributed by atoms with Crippen LogP contribution in [0.2, 0.25) is 0 Å². The van der Waals surface area contributed by atoms with E-state index in [2.05, 4.69) is 4.85 Å². The number of carbonyl (C=O) groups is 1. The van der Waals surface area contributed by atoms with E-state index in [4.69, 9.17) is 6.57 Å². The number of halogens is 3. The van der Waals surface area contributed by atoms with Crippen LogP contribution in [0, 0.1) is 6.57 Å². The van der Waals surface area contributed by atoms with Gasteiger partial charge in [-0.05, 0) is 34.4 Å². The lowest BCUT2D eigenvalue weighted by Gasteiger charge is -2.08. The largest absolute Gasteiger partial charge is 0.416 e. The van der Waals surface area contributed by atoms with Crippen molar-refractivity contribution in [1.82, 2.24) is 0 Å². The zero-order valence-corrected chi connectivity index (χ0v) is 16.7. The van der Waals surface area contributed by atoms with E-state index < -0.39 is 11.7 Å². The number of alkyl halides is 3. The molecular weight excluding hydrogens is 411 g/mol. The first-order chi connectivity index (χ1) is 15.3. The monoisotopic (exact) mass is 427 g/mol. The lowest BCUT2D eigenvalue weighted by molar-refractivity contribution is -0.137. The van der Waals surface area contributed by atoms with Gasteiger partial charge in [-0.25, -0.2) is 4.85 Å². The van der Waals surface area contributed by atoms with E-state index in [9.17, 15) is 18.0 Å². The SMILES string of the molecule is [C-]#[N+]c1ccc(-c2ccc(-c3ccc(C(=O)c4ccc(C(F)(F)F)cc4)cc3)cc2)cc1. The molecule has 0 aromatic heterocycles. The maximum atomic E-state index is 12.7. The molecule has 4 aromatic rings. The molecule has 0 radical (unpaired) electrons. The van der Waals surface area contributed by atoms with Gasteiger partial charge in [0.25, 0.3) is 0 Å². The number of carbonyl (C=O) groups excluding carboxylic acids is 1. The third kappa shape index (κ3) is 4.45. The molecule has 0 atom stereocenters. The fraction of sp³-hybridized carbons (Fsp3) is 0.0370. The van der Waals surface area contributed by atoms with Crippen molar-refractivity contribution >= 4 is 11.5 Å². The molecule has 0 N–H and O–H groups in total. The van der Waals surface area contributed by atoms with Crippen LogP contribution in [-0.4, -0.2) is 5.78 Å². The molecule has 0 aliphatic rings. The van der Waals surface area contributed by atoms with E-state index in [1.165, 1.54) is 12.1 Å². The van der Waals surface area contributed by atoms with E-state index in [0.29, 0.717) is 11.3 Å². The van der Waals surface area contributed by atoms with Crippen LogP contribution in [0.1, 0.15) is 21.5 Å². The molecule has 0 fully saturated rings. The van der Waals surface area contributed by atoms with Gasteiger partial charge in [0.05, 0.1) is 12.1 Å². The summed E-state index contributed by atoms with van der Waals surface area (Å²) >= 11 is 0. The Balaban J connectivity index is 1.50. The standard InChI is InChI=1S/C27H16F3NO/c1-31-25-16-12-21(13-17-25)19-4-2-18(3-5-19)20-6-8-22(9-7-20)26(32)23-10-14-24(15-11-23)27(28,29)30/h2-17H. The minimum atomic E-state index is -4.43. The summed E-state index contributed by atoms with van der Waals surface area (Å²) in [4.78, 5) is 16.0. The Morgan fingerprint density at radius 1 is 0.594 bits per heavy atom. The van der Waals surface area contributed by atoms with E-state index >= 15 is 0 Å². The number of nitrogens with zero attached hydrogens (tertiary/aromatic N) is 1. The Kier molecular flexibility index (Phi) is 5.61. The summed E-state index contributed by atoms with van der Waals surface area (Å²) in [5, 5.41) is 0. The van der Waals surface area contributed by atoms with Gasteiger partial charge in [-0.3, -0.25) is 4.79 Å². The van der Waals surface area contributed by atoms with Crippen LogP contribution in [0.3, 0.4) is 0 Å². The lowest BCUT2D eigenvalue weighted by Crippen LogP contribution is -2.06. The summed E-state index contributed by atoms with van der Waals surface area (Å²) in [5.74, 6) is -0.330. The van der Waals surface area contributed by atoms with Crippen molar-refractivity contribution in [3.63, 3.8) is 0 Å². The topological polar surface area (TPSA) is 21.4 Å². The second-order valence-electron chi connectivity index (χ2n) is 7.22. The van der Waals surface area contributed by atoms with Crippen LogP contribution in [0.25, 0.3) is 27.1 Å². The van der Waals surface area contributed by atoms with Crippen molar-refractivity contribution in [2.45, 2.75) is 6.18 Å². The highest BCUT2D eigenvalue weighted by Crippen LogP contribution is 2.30. The maximum absolute atomic E-state index is 12.7. The molecule has 0 saturated carbocycles. The Morgan fingerprint density at radius 3 is 1.31 bits per heavy atom. The molecule has 0 aliphatic carbocycles. The Bertz CT molecular complexity index is 1280. The van der Waals surface area contributed by atoms with Gasteiger partial charge in [-0.1, -0.05) is 84.9 Å². The predicted molar refractivity (Wildman–Crippen MR) is 118 cm³/mol. The lowest BCUT2D eigenvalue weighted by atomic mass is 9.97. The highest BCUT2D eigenvalue weighted by atomic mass is 19.4. The van der Waals surface area contributed by atoms with Gasteiger partial charge in [0.2, 0.25) is 0 Å². The van der Waals surface area contributed by atoms with Crippen molar-refractivity contribution in [3.05, 3.63) is 125 Å². The van der Waals surface area contributed by atoms with Gasteiger partial charge >= 0.3 is 6.18 Å². The summed E-state index contributed by atoms with van der Waals surface area (Å²) in [7, 11) is 0. The second-order valence-corrected chi connectivity index (χ2v) is 7.22. The van der Waals surface area contributed by atoms with Crippen LogP contribution in [0.4, 0.5) is 18.9 Å². The molecule has 0 aliphatic heterocycles. The minimum Gasteiger partial charge on any atom is -0.289 e. The Hall–Kier alpha value is -4.17. The number of hydrogen-bond acceptors (Lipinski definition) is 1. The first-order valence-corrected chi connectivity index (χ1v) is 9.75. The molecule has 4 aromatic carbocycles. The maximum Gasteiger partial charge on any atom is 0.416 e. The number of hydrogen-bond donors (Lipinski definition) is 0. The highest BCUT2D eigenvalue weighted by Gasteiger charge is 2.30. The molecule has 0 amide bonds. The highest BCUT2D eigenvalue weighted by molar-refractivity contribution is 6.09. The first-order valence-electron chi connectivity index (χ1n) is 9.75. The predicted octanol–water partition coefficient (Wildman–Crippen LogP) is 7.82. The summed E-state index contributed by atoms with van der Waals surface area (Å²) in [6, 6.07) is 26.5. The molecule has 2 nitrogen and oxygen atoms in total. The van der Waals surface area contributed by atoms with E-state index in [0.717, 1.165) is 34.4 Å². The molecule has 32 heavy (non-hydrogen) atoms. The van der Waals surface area contributed by atoms with Crippen molar-refractivity contribution in [3.8, 4) is 22.3 Å². The summed E-state index contributed by atoms with van der Waals surface area (Å²) in [5.41, 5.74) is 4.36. The molecule has 156 valence electrons. The van der Waals surface area contributed by atoms with Gasteiger partial charge in [0, 0.05) is 11.1 Å².